The highest BCUT2D eigenvalue weighted by molar-refractivity contribution is 5.71. The van der Waals surface area contributed by atoms with Crippen LogP contribution >= 0.6 is 0 Å². The topological polar surface area (TPSA) is 17.1 Å². The van der Waals surface area contributed by atoms with Crippen LogP contribution in [0.5, 0.6) is 0 Å². The number of hydrogen-bond acceptors (Lipinski definition) is 1. The molecule has 0 bridgehead atoms. The molecule has 0 N–H and O–H groups in total. The summed E-state index contributed by atoms with van der Waals surface area (Å²) in [6, 6.07) is 0. The molecule has 10 heavy (non-hydrogen) atoms. The van der Waals surface area contributed by atoms with E-state index in [-0.39, 0.29) is 0 Å². The summed E-state index contributed by atoms with van der Waals surface area (Å²) in [5.74, 6) is 0. The van der Waals surface area contributed by atoms with Crippen molar-refractivity contribution in [1.82, 2.24) is 0 Å². The van der Waals surface area contributed by atoms with Crippen LogP contribution in [0.2, 0.25) is 0 Å². The van der Waals surface area contributed by atoms with E-state index in [1.54, 1.807) is 0 Å². The molecule has 0 fully saturated rings. The lowest BCUT2D eigenvalue weighted by Crippen LogP contribution is -1.79. The van der Waals surface area contributed by atoms with Crippen molar-refractivity contribution in [3.8, 4) is 0 Å². The molecule has 0 aliphatic heterocycles. The second kappa shape index (κ2) is 6.27. The third-order valence-corrected chi connectivity index (χ3v) is 1.20. The molecule has 0 rings (SSSR count). The number of allylic oxidation sites excluding steroid dienone is 3. The maximum absolute atomic E-state index is 10.0. The van der Waals surface area contributed by atoms with Crippen LogP contribution in [0.4, 0.5) is 0 Å². The summed E-state index contributed by atoms with van der Waals surface area (Å²) in [6.07, 6.45) is 7.78. The molecule has 0 amide bonds. The van der Waals surface area contributed by atoms with E-state index in [4.69, 9.17) is 0 Å². The lowest BCUT2D eigenvalue weighted by Gasteiger charge is -1.89. The molecule has 0 aliphatic rings. The highest BCUT2D eigenvalue weighted by Crippen LogP contribution is 1.99. The molecule has 0 aromatic carbocycles. The Kier molecular flexibility index (Phi) is 5.74. The Bertz CT molecular complexity index is 134. The molecule has 0 unspecified atom stereocenters. The minimum Gasteiger partial charge on any atom is -0.298 e. The number of hydrogen-bond donors (Lipinski definition) is 0. The largest absolute Gasteiger partial charge is 0.298 e. The minimum absolute atomic E-state index is 0.681. The van der Waals surface area contributed by atoms with Gasteiger partial charge in [0, 0.05) is 0 Å². The average molecular weight is 138 g/mol. The average Bonchev–Trinajstić information content (AvgIpc) is 1.98. The first kappa shape index (κ1) is 9.15. The van der Waals surface area contributed by atoms with Crippen LogP contribution in [-0.4, -0.2) is 6.29 Å². The van der Waals surface area contributed by atoms with E-state index in [9.17, 15) is 4.79 Å². The van der Waals surface area contributed by atoms with Crippen LogP contribution in [0, 0.1) is 0 Å². The van der Waals surface area contributed by atoms with Gasteiger partial charge in [-0.15, -0.1) is 0 Å². The summed E-state index contributed by atoms with van der Waals surface area (Å²) in [5.41, 5.74) is 0.681. The molecule has 0 heterocycles. The van der Waals surface area contributed by atoms with E-state index in [2.05, 4.69) is 25.7 Å². The first-order chi connectivity index (χ1) is 4.81. The third kappa shape index (κ3) is 5.29. The Hall–Kier alpha value is -0.850. The van der Waals surface area contributed by atoms with Gasteiger partial charge in [0.05, 0.1) is 0 Å². The molecule has 0 spiro atoms. The predicted octanol–water partition coefficient (Wildman–Crippen LogP) is 2.49. The fourth-order valence-electron chi connectivity index (χ4n) is 0.612. The molecule has 0 saturated carbocycles. The van der Waals surface area contributed by atoms with Crippen LogP contribution in [-0.2, 0) is 4.79 Å². The molecule has 0 aliphatic carbocycles. The van der Waals surface area contributed by atoms with Crippen molar-refractivity contribution in [3.63, 3.8) is 0 Å². The van der Waals surface area contributed by atoms with Gasteiger partial charge in [-0.2, -0.15) is 0 Å². The molecular formula is C9H14O. The summed E-state index contributed by atoms with van der Waals surface area (Å²) in [4.78, 5) is 10.0. The molecule has 56 valence electrons. The van der Waals surface area contributed by atoms with Crippen molar-refractivity contribution in [2.45, 2.75) is 26.2 Å². The Morgan fingerprint density at radius 3 is 2.70 bits per heavy atom. The normalized spacial score (nSPS) is 10.1. The number of rotatable bonds is 5. The molecule has 1 nitrogen and oxygen atoms in total. The van der Waals surface area contributed by atoms with Crippen LogP contribution in [0.3, 0.4) is 0 Å². The van der Waals surface area contributed by atoms with Gasteiger partial charge in [-0.3, -0.25) is 4.79 Å². The summed E-state index contributed by atoms with van der Waals surface area (Å²) in [5, 5.41) is 0. The van der Waals surface area contributed by atoms with Gasteiger partial charge in [0.15, 0.2) is 0 Å². The van der Waals surface area contributed by atoms with Gasteiger partial charge in [-0.05, 0) is 24.8 Å². The molecule has 0 atom stereocenters. The van der Waals surface area contributed by atoms with Crippen molar-refractivity contribution in [1.29, 1.82) is 0 Å². The van der Waals surface area contributed by atoms with Crippen LogP contribution < -0.4 is 0 Å². The lowest BCUT2D eigenvalue weighted by molar-refractivity contribution is -0.105. The predicted molar refractivity (Wildman–Crippen MR) is 43.9 cm³/mol. The second-order valence-corrected chi connectivity index (χ2v) is 2.19. The van der Waals surface area contributed by atoms with Gasteiger partial charge in [-0.25, -0.2) is 0 Å². The highest BCUT2D eigenvalue weighted by atomic mass is 16.1. The zero-order valence-electron chi connectivity index (χ0n) is 6.47. The number of carbonyl (C=O) groups excluding carboxylic acids is 1. The standard InChI is InChI=1S/C9H14O/c1-3-4-5-6-7-9(2)8-10/h4-5,8H,2-3,6-7H2,1H3. The van der Waals surface area contributed by atoms with Crippen molar-refractivity contribution in [3.05, 3.63) is 24.3 Å². The van der Waals surface area contributed by atoms with Crippen LogP contribution in [0.15, 0.2) is 24.3 Å². The van der Waals surface area contributed by atoms with Gasteiger partial charge >= 0.3 is 0 Å². The van der Waals surface area contributed by atoms with E-state index in [0.717, 1.165) is 25.5 Å². The first-order valence-electron chi connectivity index (χ1n) is 3.59. The van der Waals surface area contributed by atoms with E-state index in [1.807, 2.05) is 0 Å². The Balaban J connectivity index is 3.27. The van der Waals surface area contributed by atoms with E-state index >= 15 is 0 Å². The summed E-state index contributed by atoms with van der Waals surface area (Å²) in [6.45, 7) is 5.66. The summed E-state index contributed by atoms with van der Waals surface area (Å²) in [7, 11) is 0. The van der Waals surface area contributed by atoms with Crippen LogP contribution in [0.1, 0.15) is 26.2 Å². The quantitative estimate of drug-likeness (QED) is 0.324. The maximum atomic E-state index is 10.0. The van der Waals surface area contributed by atoms with Gasteiger partial charge in [0.2, 0.25) is 0 Å². The lowest BCUT2D eigenvalue weighted by atomic mass is 10.2. The molecule has 0 radical (unpaired) electrons. The second-order valence-electron chi connectivity index (χ2n) is 2.19. The Labute approximate surface area is 62.4 Å². The summed E-state index contributed by atoms with van der Waals surface area (Å²) >= 11 is 0. The van der Waals surface area contributed by atoms with E-state index in [0.29, 0.717) is 5.57 Å². The minimum atomic E-state index is 0.681. The molecular weight excluding hydrogens is 124 g/mol. The van der Waals surface area contributed by atoms with Crippen molar-refractivity contribution >= 4 is 6.29 Å². The molecule has 0 aromatic rings. The SMILES string of the molecule is C=C(C=O)CCC=CCC. The van der Waals surface area contributed by atoms with Crippen molar-refractivity contribution < 1.29 is 4.79 Å². The van der Waals surface area contributed by atoms with E-state index in [1.165, 1.54) is 0 Å². The maximum Gasteiger partial charge on any atom is 0.145 e. The van der Waals surface area contributed by atoms with Crippen LogP contribution in [0.25, 0.3) is 0 Å². The van der Waals surface area contributed by atoms with Gasteiger partial charge < -0.3 is 0 Å². The molecule has 1 heteroatoms. The monoisotopic (exact) mass is 138 g/mol. The zero-order chi connectivity index (χ0) is 7.82. The Morgan fingerprint density at radius 1 is 1.50 bits per heavy atom. The number of aldehydes is 1. The fourth-order valence-corrected chi connectivity index (χ4v) is 0.612. The molecule has 0 saturated heterocycles. The first-order valence-corrected chi connectivity index (χ1v) is 3.59. The van der Waals surface area contributed by atoms with Crippen molar-refractivity contribution in [2.75, 3.05) is 0 Å². The highest BCUT2D eigenvalue weighted by Gasteiger charge is 1.86. The van der Waals surface area contributed by atoms with E-state index < -0.39 is 0 Å². The smallest absolute Gasteiger partial charge is 0.145 e. The fraction of sp³-hybridized carbons (Fsp3) is 0.444. The van der Waals surface area contributed by atoms with Crippen molar-refractivity contribution in [2.24, 2.45) is 0 Å². The zero-order valence-corrected chi connectivity index (χ0v) is 6.47. The Morgan fingerprint density at radius 2 is 2.20 bits per heavy atom. The molecule has 0 aromatic heterocycles. The van der Waals surface area contributed by atoms with Gasteiger partial charge in [0.25, 0.3) is 0 Å². The summed E-state index contributed by atoms with van der Waals surface area (Å²) < 4.78 is 0. The van der Waals surface area contributed by atoms with Gasteiger partial charge in [0.1, 0.15) is 6.29 Å². The van der Waals surface area contributed by atoms with Gasteiger partial charge in [-0.1, -0.05) is 25.7 Å². The number of carbonyl (C=O) groups is 1. The third-order valence-electron chi connectivity index (χ3n) is 1.20.